The van der Waals surface area contributed by atoms with Gasteiger partial charge in [0.15, 0.2) is 0 Å². The lowest BCUT2D eigenvalue weighted by atomic mass is 10.1. The molecule has 3 rings (SSSR count). The number of fused-ring (bicyclic) bond motifs is 1. The van der Waals surface area contributed by atoms with Crippen molar-refractivity contribution in [3.05, 3.63) is 64.9 Å². The first-order valence-electron chi connectivity index (χ1n) is 6.40. The quantitative estimate of drug-likeness (QED) is 0.664. The van der Waals surface area contributed by atoms with Gasteiger partial charge in [0.25, 0.3) is 0 Å². The number of aryl methyl sites for hydroxylation is 3. The number of benzene rings is 1. The zero-order valence-electron chi connectivity index (χ0n) is 11.2. The van der Waals surface area contributed by atoms with Crippen molar-refractivity contribution in [3.63, 3.8) is 0 Å². The maximum atomic E-state index is 6.25. The standard InChI is InChI=1S/C16H15ClN2.BrH/c1-12-15(17)14-8-5-10-19(16(14)18-12)11-9-13-6-3-2-4-7-13;/h2-8,10H,9,11H2,1H3;1H. The van der Waals surface area contributed by atoms with Gasteiger partial charge in [-0.05, 0) is 31.0 Å². The highest BCUT2D eigenvalue weighted by Crippen LogP contribution is 2.32. The Kier molecular flexibility index (Phi) is 4.84. The Bertz CT molecular complexity index is 664. The Morgan fingerprint density at radius 1 is 1.10 bits per heavy atom. The van der Waals surface area contributed by atoms with Gasteiger partial charge in [-0.15, -0.1) is 17.0 Å². The third-order valence-electron chi connectivity index (χ3n) is 3.35. The topological polar surface area (TPSA) is 17.8 Å². The molecule has 0 aromatic heterocycles. The summed E-state index contributed by atoms with van der Waals surface area (Å²) in [5.41, 5.74) is 3.27. The Balaban J connectivity index is 0.00000147. The molecule has 20 heavy (non-hydrogen) atoms. The lowest BCUT2D eigenvalue weighted by molar-refractivity contribution is 0.689. The van der Waals surface area contributed by atoms with Gasteiger partial charge in [-0.2, -0.15) is 0 Å². The number of nitrogens with zero attached hydrogens (tertiary/aromatic N) is 2. The van der Waals surface area contributed by atoms with Crippen LogP contribution in [-0.4, -0.2) is 9.55 Å². The van der Waals surface area contributed by atoms with E-state index >= 15 is 0 Å². The Morgan fingerprint density at radius 3 is 2.60 bits per heavy atom. The van der Waals surface area contributed by atoms with Crippen LogP contribution in [0.4, 0.5) is 0 Å². The van der Waals surface area contributed by atoms with Gasteiger partial charge < -0.3 is 4.57 Å². The molecule has 0 bridgehead atoms. The second-order valence-corrected chi connectivity index (χ2v) is 5.06. The average molecular weight is 352 g/mol. The molecular weight excluding hydrogens is 336 g/mol. The molecular formula is C16H16BrClN2. The van der Waals surface area contributed by atoms with Crippen LogP contribution in [0.5, 0.6) is 0 Å². The molecule has 104 valence electrons. The van der Waals surface area contributed by atoms with E-state index in [4.69, 9.17) is 11.6 Å². The summed E-state index contributed by atoms with van der Waals surface area (Å²) < 4.78 is 2.17. The Hall–Kier alpha value is -1.32. The molecule has 0 saturated heterocycles. The molecule has 0 spiro atoms. The normalized spacial score (nSPS) is 10.5. The molecule has 1 aromatic rings. The molecule has 0 fully saturated rings. The van der Waals surface area contributed by atoms with Crippen molar-refractivity contribution in [3.8, 4) is 11.4 Å². The van der Waals surface area contributed by atoms with Crippen molar-refractivity contribution in [2.75, 3.05) is 0 Å². The van der Waals surface area contributed by atoms with E-state index in [1.54, 1.807) is 0 Å². The monoisotopic (exact) mass is 350 g/mol. The summed E-state index contributed by atoms with van der Waals surface area (Å²) in [5, 5.41) is 0.768. The number of hydrogen-bond acceptors (Lipinski definition) is 1. The first-order valence-corrected chi connectivity index (χ1v) is 6.78. The number of pyridine rings is 1. The fraction of sp³-hybridized carbons (Fsp3) is 0.188. The summed E-state index contributed by atoms with van der Waals surface area (Å²) in [5.74, 6) is 0.973. The third kappa shape index (κ3) is 2.89. The van der Waals surface area contributed by atoms with E-state index in [1.807, 2.05) is 25.1 Å². The summed E-state index contributed by atoms with van der Waals surface area (Å²) in [7, 11) is 0. The van der Waals surface area contributed by atoms with Gasteiger partial charge in [-0.1, -0.05) is 41.9 Å². The van der Waals surface area contributed by atoms with Crippen molar-refractivity contribution < 1.29 is 0 Å². The molecule has 0 saturated carbocycles. The maximum absolute atomic E-state index is 6.25. The molecule has 0 amide bonds. The van der Waals surface area contributed by atoms with Crippen LogP contribution in [0, 0.1) is 6.92 Å². The van der Waals surface area contributed by atoms with Gasteiger partial charge in [-0.25, -0.2) is 4.98 Å². The lowest BCUT2D eigenvalue weighted by Crippen LogP contribution is -2.05. The van der Waals surface area contributed by atoms with Crippen LogP contribution in [0.2, 0.25) is 5.02 Å². The van der Waals surface area contributed by atoms with Crippen molar-refractivity contribution in [2.45, 2.75) is 19.9 Å². The van der Waals surface area contributed by atoms with E-state index in [0.717, 1.165) is 35.1 Å². The van der Waals surface area contributed by atoms with Crippen LogP contribution >= 0.6 is 28.6 Å². The maximum Gasteiger partial charge on any atom is 0.141 e. The fourth-order valence-corrected chi connectivity index (χ4v) is 2.51. The second kappa shape index (κ2) is 6.42. The molecule has 2 heterocycles. The van der Waals surface area contributed by atoms with Gasteiger partial charge in [0.05, 0.1) is 10.7 Å². The second-order valence-electron chi connectivity index (χ2n) is 4.69. The minimum atomic E-state index is 0. The summed E-state index contributed by atoms with van der Waals surface area (Å²) in [4.78, 5) is 4.56. The van der Waals surface area contributed by atoms with Crippen LogP contribution in [0.25, 0.3) is 11.4 Å². The van der Waals surface area contributed by atoms with Gasteiger partial charge in [0.2, 0.25) is 0 Å². The zero-order valence-corrected chi connectivity index (χ0v) is 13.7. The van der Waals surface area contributed by atoms with Crippen LogP contribution in [0.3, 0.4) is 0 Å². The van der Waals surface area contributed by atoms with Crippen LogP contribution in [0.15, 0.2) is 48.7 Å². The van der Waals surface area contributed by atoms with Gasteiger partial charge >= 0.3 is 0 Å². The number of aromatic nitrogens is 2. The summed E-state index contributed by atoms with van der Waals surface area (Å²) in [6.45, 7) is 2.86. The predicted octanol–water partition coefficient (Wildman–Crippen LogP) is 4.77. The van der Waals surface area contributed by atoms with Crippen molar-refractivity contribution >= 4 is 28.6 Å². The molecule has 2 aliphatic heterocycles. The highest BCUT2D eigenvalue weighted by atomic mass is 79.9. The smallest absolute Gasteiger partial charge is 0.141 e. The first kappa shape index (κ1) is 15.1. The summed E-state index contributed by atoms with van der Waals surface area (Å²) in [6, 6.07) is 14.5. The van der Waals surface area contributed by atoms with Gasteiger partial charge in [0, 0.05) is 18.3 Å². The lowest BCUT2D eigenvalue weighted by Gasteiger charge is -2.11. The number of rotatable bonds is 3. The SMILES string of the molecule is Br.Cc1nc2n(CCc3ccccc3)cccc-2c1Cl. The van der Waals surface area contributed by atoms with Crippen LogP contribution in [-0.2, 0) is 13.0 Å². The highest BCUT2D eigenvalue weighted by Gasteiger charge is 2.15. The van der Waals surface area contributed by atoms with Crippen molar-refractivity contribution in [1.82, 2.24) is 9.55 Å². The average Bonchev–Trinajstić information content (AvgIpc) is 2.74. The van der Waals surface area contributed by atoms with Crippen LogP contribution < -0.4 is 0 Å². The minimum absolute atomic E-state index is 0. The van der Waals surface area contributed by atoms with E-state index in [1.165, 1.54) is 5.56 Å². The summed E-state index contributed by atoms with van der Waals surface area (Å²) >= 11 is 6.25. The molecule has 0 atom stereocenters. The Morgan fingerprint density at radius 2 is 1.85 bits per heavy atom. The largest absolute Gasteiger partial charge is 0.332 e. The molecule has 0 unspecified atom stereocenters. The van der Waals surface area contributed by atoms with Gasteiger partial charge in [-0.3, -0.25) is 0 Å². The molecule has 2 nitrogen and oxygen atoms in total. The molecule has 4 heteroatoms. The minimum Gasteiger partial charge on any atom is -0.332 e. The predicted molar refractivity (Wildman–Crippen MR) is 89.1 cm³/mol. The molecule has 2 aliphatic rings. The highest BCUT2D eigenvalue weighted by molar-refractivity contribution is 8.93. The fourth-order valence-electron chi connectivity index (χ4n) is 2.32. The zero-order chi connectivity index (χ0) is 13.2. The van der Waals surface area contributed by atoms with Crippen molar-refractivity contribution in [2.24, 2.45) is 0 Å². The number of hydrogen-bond donors (Lipinski definition) is 0. The van der Waals surface area contributed by atoms with E-state index < -0.39 is 0 Å². The van der Waals surface area contributed by atoms with E-state index in [-0.39, 0.29) is 17.0 Å². The molecule has 0 aliphatic carbocycles. The van der Waals surface area contributed by atoms with E-state index in [0.29, 0.717) is 0 Å². The number of halogens is 2. The first-order chi connectivity index (χ1) is 9.25. The summed E-state index contributed by atoms with van der Waals surface area (Å²) in [6.07, 6.45) is 3.06. The Labute approximate surface area is 134 Å². The van der Waals surface area contributed by atoms with E-state index in [2.05, 4.69) is 40.0 Å². The van der Waals surface area contributed by atoms with Crippen LogP contribution in [0.1, 0.15) is 11.3 Å². The van der Waals surface area contributed by atoms with Gasteiger partial charge in [0.1, 0.15) is 5.82 Å². The molecule has 0 N–H and O–H groups in total. The third-order valence-corrected chi connectivity index (χ3v) is 3.83. The van der Waals surface area contributed by atoms with Crippen molar-refractivity contribution in [1.29, 1.82) is 0 Å². The molecule has 0 radical (unpaired) electrons. The molecule has 1 aromatic carbocycles. The van der Waals surface area contributed by atoms with E-state index in [9.17, 15) is 0 Å².